The van der Waals surface area contributed by atoms with E-state index in [1.165, 1.54) is 41.9 Å². The van der Waals surface area contributed by atoms with E-state index < -0.39 is 49.2 Å². The Bertz CT molecular complexity index is 3600. The molecule has 3 N–H and O–H groups in total. The van der Waals surface area contributed by atoms with Crippen LogP contribution in [0.4, 0.5) is 0 Å². The van der Waals surface area contributed by atoms with Gasteiger partial charge in [-0.2, -0.15) is 8.61 Å². The number of benzene rings is 2. The summed E-state index contributed by atoms with van der Waals surface area (Å²) in [5.74, 6) is 0.586. The van der Waals surface area contributed by atoms with Crippen molar-refractivity contribution in [1.29, 1.82) is 0 Å². The van der Waals surface area contributed by atoms with E-state index in [0.717, 1.165) is 25.5 Å². The van der Waals surface area contributed by atoms with Gasteiger partial charge in [0.1, 0.15) is 22.5 Å². The van der Waals surface area contributed by atoms with Crippen LogP contribution in [0.3, 0.4) is 0 Å². The van der Waals surface area contributed by atoms with Gasteiger partial charge in [-0.1, -0.05) is 54.5 Å². The molecule has 6 aromatic rings. The van der Waals surface area contributed by atoms with Crippen LogP contribution in [0.1, 0.15) is 133 Å². The number of carbonyl (C=O) groups excluding carboxylic acids is 2. The number of aliphatic hydroxyl groups is 1. The Kier molecular flexibility index (Phi) is 26.1. The smallest absolute Gasteiger partial charge is 0.614 e. The van der Waals surface area contributed by atoms with Crippen LogP contribution in [0, 0.1) is 19.8 Å². The van der Waals surface area contributed by atoms with Crippen molar-refractivity contribution in [2.45, 2.75) is 131 Å². The summed E-state index contributed by atoms with van der Waals surface area (Å²) in [6.45, 7) is 23.8. The number of aldehydes is 1. The van der Waals surface area contributed by atoms with Crippen molar-refractivity contribution in [3.8, 4) is 34.3 Å². The van der Waals surface area contributed by atoms with Crippen molar-refractivity contribution in [1.82, 2.24) is 42.7 Å². The molecule has 8 rings (SSSR count). The summed E-state index contributed by atoms with van der Waals surface area (Å²) in [6, 6.07) is 9.21. The van der Waals surface area contributed by atoms with Crippen LogP contribution in [-0.2, 0) is 47.2 Å². The molecule has 0 bridgehead atoms. The zero-order chi connectivity index (χ0) is 60.2. The molecule has 0 saturated carbocycles. The molecule has 2 fully saturated rings. The van der Waals surface area contributed by atoms with Crippen LogP contribution < -0.4 is 44.6 Å². The summed E-state index contributed by atoms with van der Waals surface area (Å²) < 4.78 is 80.7. The number of carbonyl (C=O) groups is 2. The van der Waals surface area contributed by atoms with E-state index in [0.29, 0.717) is 146 Å². The SMILES string of the molecule is C.C=C([O-])OCC.CCCc1c(C(O)CC(=O)OCC)c(C)c2c(=O)[nH]c(-c3cc(S(=O)(=O)N4CCN(C)CC4)ccc3OCC)nn12.CCCc1c(C=O)c(C)c2c(=O)[nH]c(-c3cc(S(=O)(=O)N4CCC(C)CC4)ccc3OCC)nn12.[Li+]. The number of aromatic nitrogens is 6. The third-order valence-electron chi connectivity index (χ3n) is 14.3. The fourth-order valence-electron chi connectivity index (χ4n) is 10.1. The maximum atomic E-state index is 13.5. The van der Waals surface area contributed by atoms with E-state index >= 15 is 0 Å². The molecule has 2 aliphatic heterocycles. The molecule has 2 aliphatic rings. The van der Waals surface area contributed by atoms with E-state index in [-0.39, 0.29) is 66.3 Å². The molecule has 1 unspecified atom stereocenters. The largest absolute Gasteiger partial charge is 1.00 e. The number of piperidine rings is 1. The number of piperazine rings is 1. The zero-order valence-corrected chi connectivity index (χ0v) is 51.3. The molecule has 84 heavy (non-hydrogen) atoms. The summed E-state index contributed by atoms with van der Waals surface area (Å²) in [7, 11) is -5.57. The molecular formula is C58H82LiN9O14S2. The molecule has 456 valence electrons. The molecule has 26 heteroatoms. The van der Waals surface area contributed by atoms with Crippen LogP contribution in [0.25, 0.3) is 33.8 Å². The average molecular weight is 1200 g/mol. The van der Waals surface area contributed by atoms with Gasteiger partial charge < -0.3 is 44.0 Å². The van der Waals surface area contributed by atoms with Crippen molar-refractivity contribution in [2.24, 2.45) is 5.92 Å². The minimum atomic E-state index is -3.80. The third kappa shape index (κ3) is 15.8. The number of fused-ring (bicyclic) bond motifs is 2. The Balaban J connectivity index is 0.000000324. The molecule has 0 aliphatic carbocycles. The summed E-state index contributed by atoms with van der Waals surface area (Å²) in [4.78, 5) is 58.4. The van der Waals surface area contributed by atoms with E-state index in [4.69, 9.17) is 19.3 Å². The number of hydrogen-bond donors (Lipinski definition) is 3. The number of aliphatic hydroxyl groups excluding tert-OH is 1. The minimum absolute atomic E-state index is 0. The van der Waals surface area contributed by atoms with Gasteiger partial charge in [-0.3, -0.25) is 19.2 Å². The number of esters is 1. The Hall–Kier alpha value is -6.30. The van der Waals surface area contributed by atoms with E-state index in [1.807, 2.05) is 34.7 Å². The molecule has 1 atom stereocenters. The van der Waals surface area contributed by atoms with Crippen molar-refractivity contribution in [3.05, 3.63) is 103 Å². The van der Waals surface area contributed by atoms with E-state index in [9.17, 15) is 46.2 Å². The number of rotatable bonds is 21. The molecule has 0 spiro atoms. The fourth-order valence-corrected chi connectivity index (χ4v) is 13.0. The van der Waals surface area contributed by atoms with Gasteiger partial charge in [-0.05, 0) is 127 Å². The molecule has 0 amide bonds. The van der Waals surface area contributed by atoms with Gasteiger partial charge in [0.15, 0.2) is 17.9 Å². The predicted molar refractivity (Wildman–Crippen MR) is 315 cm³/mol. The van der Waals surface area contributed by atoms with Crippen LogP contribution in [0.5, 0.6) is 11.5 Å². The Morgan fingerprint density at radius 1 is 0.738 bits per heavy atom. The van der Waals surface area contributed by atoms with Gasteiger partial charge in [-0.15, -0.1) is 10.2 Å². The van der Waals surface area contributed by atoms with Gasteiger partial charge in [0.2, 0.25) is 20.0 Å². The number of ether oxygens (including phenoxy) is 4. The minimum Gasteiger partial charge on any atom is -0.614 e. The van der Waals surface area contributed by atoms with Crippen molar-refractivity contribution >= 4 is 43.3 Å². The summed E-state index contributed by atoms with van der Waals surface area (Å²) in [5, 5.41) is 30.1. The number of aromatic amines is 2. The number of aryl methyl sites for hydroxylation is 4. The fraction of sp³-hybridized carbons (Fsp3) is 0.517. The number of nitrogens with zero attached hydrogens (tertiary/aromatic N) is 7. The number of likely N-dealkylation sites (N-methyl/N-ethyl adjacent to an activating group) is 1. The number of sulfonamides is 2. The summed E-state index contributed by atoms with van der Waals surface area (Å²) >= 11 is 0. The second-order valence-corrected chi connectivity index (χ2v) is 23.9. The molecule has 6 heterocycles. The maximum absolute atomic E-state index is 13.5. The first-order valence-electron chi connectivity index (χ1n) is 27.8. The van der Waals surface area contributed by atoms with Gasteiger partial charge in [0, 0.05) is 62.0 Å². The second kappa shape index (κ2) is 31.2. The first-order chi connectivity index (χ1) is 39.0. The van der Waals surface area contributed by atoms with Crippen molar-refractivity contribution in [2.75, 3.05) is 72.7 Å². The Morgan fingerprint density at radius 2 is 1.19 bits per heavy atom. The Labute approximate surface area is 504 Å². The molecule has 2 saturated heterocycles. The van der Waals surface area contributed by atoms with Crippen LogP contribution >= 0.6 is 0 Å². The number of hydrogen-bond acceptors (Lipinski definition) is 17. The first kappa shape index (κ1) is 70.2. The molecule has 0 radical (unpaired) electrons. The van der Waals surface area contributed by atoms with Crippen LogP contribution in [0.15, 0.2) is 68.3 Å². The van der Waals surface area contributed by atoms with E-state index in [1.54, 1.807) is 39.8 Å². The first-order valence-corrected chi connectivity index (χ1v) is 30.7. The van der Waals surface area contributed by atoms with Gasteiger partial charge in [0.25, 0.3) is 11.1 Å². The predicted octanol–water partition coefficient (Wildman–Crippen LogP) is 3.35. The van der Waals surface area contributed by atoms with Gasteiger partial charge >= 0.3 is 24.8 Å². The quantitative estimate of drug-likeness (QED) is 0.0403. The topological polar surface area (TPSA) is 293 Å². The van der Waals surface area contributed by atoms with Gasteiger partial charge in [0.05, 0.1) is 59.0 Å². The Morgan fingerprint density at radius 3 is 1.62 bits per heavy atom. The average Bonchev–Trinajstić information content (AvgIpc) is 1.80. The van der Waals surface area contributed by atoms with E-state index in [2.05, 4.69) is 38.2 Å². The van der Waals surface area contributed by atoms with Crippen LogP contribution in [0.2, 0.25) is 0 Å². The summed E-state index contributed by atoms with van der Waals surface area (Å²) in [5.41, 5.74) is 3.66. The monoisotopic (exact) mass is 1200 g/mol. The number of H-pyrrole nitrogens is 2. The third-order valence-corrected chi connectivity index (χ3v) is 18.0. The summed E-state index contributed by atoms with van der Waals surface area (Å²) in [6.07, 6.45) is 3.47. The van der Waals surface area contributed by atoms with Gasteiger partial charge in [-0.25, -0.2) is 25.9 Å². The zero-order valence-electron chi connectivity index (χ0n) is 49.6. The van der Waals surface area contributed by atoms with Crippen molar-refractivity contribution < 1.29 is 74.4 Å². The molecule has 2 aromatic carbocycles. The van der Waals surface area contributed by atoms with Crippen LogP contribution in [-0.4, -0.2) is 150 Å². The standard InChI is InChI=1S/C28H39N5O7S.C25H32N4O5S.C4H8O2.CH4.Li/c1-6-9-21-25(22(34)17-24(35)40-8-3)18(4)26-28(36)29-27(30-33(21)26)20-16-19(10-11-23(20)39-7-2)41(37,38)32-14-12-31(5)13-15-32;1-5-7-21-20(15-30)17(4)23-25(31)26-24(27-29(21)23)19-14-18(8-9-22(19)34-6-2)35(32,33)28-12-10-16(3)11-13-28;1-3-6-4(2)5;;/h10-11,16,22,34H,6-9,12-15,17H2,1-5H3,(H,29,30,36);8-9,14-16H,5-7,10-13H2,1-4H3,(H,26,27,31);5H,2-3H2,1H3;1H4;/q;;;;+1/p-1. The second-order valence-electron chi connectivity index (χ2n) is 20.0. The molecule has 4 aromatic heterocycles. The molecular weight excluding hydrogens is 1120 g/mol. The number of nitrogens with one attached hydrogen (secondary N) is 2. The normalized spacial score (nSPS) is 14.7. The maximum Gasteiger partial charge on any atom is 1.00 e. The van der Waals surface area contributed by atoms with Crippen molar-refractivity contribution in [3.63, 3.8) is 0 Å². The molecule has 23 nitrogen and oxygen atoms in total.